The molecule has 104 valence electrons. The standard InChI is InChI=1S/C15H23N3O/c1-13(8-11-19)17-12-14-4-6-15(7-5-14)18(2)10-3-9-16/h4-7,13,17,19H,3,8,10-12H2,1-2H3. The quantitative estimate of drug-likeness (QED) is 0.750. The topological polar surface area (TPSA) is 59.3 Å². The van der Waals surface area contributed by atoms with Gasteiger partial charge in [0.1, 0.15) is 0 Å². The molecule has 1 rings (SSSR count). The minimum absolute atomic E-state index is 0.219. The lowest BCUT2D eigenvalue weighted by Crippen LogP contribution is -2.26. The summed E-state index contributed by atoms with van der Waals surface area (Å²) in [5.41, 5.74) is 2.35. The van der Waals surface area contributed by atoms with Crippen LogP contribution in [0.25, 0.3) is 0 Å². The summed E-state index contributed by atoms with van der Waals surface area (Å²) in [6.07, 6.45) is 1.31. The van der Waals surface area contributed by atoms with E-state index in [0.29, 0.717) is 12.5 Å². The molecule has 1 aromatic carbocycles. The largest absolute Gasteiger partial charge is 0.396 e. The second kappa shape index (κ2) is 8.52. The lowest BCUT2D eigenvalue weighted by atomic mass is 10.1. The minimum Gasteiger partial charge on any atom is -0.396 e. The third-order valence-electron chi connectivity index (χ3n) is 3.15. The van der Waals surface area contributed by atoms with Crippen LogP contribution in [-0.4, -0.2) is 31.3 Å². The van der Waals surface area contributed by atoms with Gasteiger partial charge in [0, 0.05) is 38.5 Å². The van der Waals surface area contributed by atoms with Gasteiger partial charge in [-0.05, 0) is 31.0 Å². The van der Waals surface area contributed by atoms with Crippen molar-refractivity contribution in [3.63, 3.8) is 0 Å². The molecule has 0 aliphatic heterocycles. The van der Waals surface area contributed by atoms with Gasteiger partial charge in [-0.25, -0.2) is 0 Å². The number of nitriles is 1. The molecule has 1 unspecified atom stereocenters. The van der Waals surface area contributed by atoms with Crippen molar-refractivity contribution in [2.45, 2.75) is 32.4 Å². The summed E-state index contributed by atoms with van der Waals surface area (Å²) >= 11 is 0. The van der Waals surface area contributed by atoms with E-state index in [2.05, 4.69) is 47.5 Å². The molecule has 19 heavy (non-hydrogen) atoms. The van der Waals surface area contributed by atoms with Crippen molar-refractivity contribution < 1.29 is 5.11 Å². The zero-order valence-corrected chi connectivity index (χ0v) is 11.8. The molecule has 0 saturated carbocycles. The van der Waals surface area contributed by atoms with Gasteiger partial charge >= 0.3 is 0 Å². The Balaban J connectivity index is 2.45. The van der Waals surface area contributed by atoms with E-state index in [1.165, 1.54) is 5.56 Å². The molecule has 0 heterocycles. The molecule has 1 atom stereocenters. The maximum atomic E-state index is 8.83. The van der Waals surface area contributed by atoms with E-state index in [1.807, 2.05) is 7.05 Å². The smallest absolute Gasteiger partial charge is 0.0640 e. The van der Waals surface area contributed by atoms with Gasteiger partial charge in [-0.3, -0.25) is 0 Å². The number of nitrogens with one attached hydrogen (secondary N) is 1. The number of hydrogen-bond acceptors (Lipinski definition) is 4. The highest BCUT2D eigenvalue weighted by Gasteiger charge is 2.02. The first-order valence-corrected chi connectivity index (χ1v) is 6.68. The Hall–Kier alpha value is -1.57. The monoisotopic (exact) mass is 261 g/mol. The van der Waals surface area contributed by atoms with Gasteiger partial charge < -0.3 is 15.3 Å². The Morgan fingerprint density at radius 2 is 2.05 bits per heavy atom. The van der Waals surface area contributed by atoms with Crippen molar-refractivity contribution in [3.05, 3.63) is 29.8 Å². The number of aliphatic hydroxyl groups excluding tert-OH is 1. The predicted molar refractivity (Wildman–Crippen MR) is 77.9 cm³/mol. The van der Waals surface area contributed by atoms with Gasteiger partial charge in [0.15, 0.2) is 0 Å². The highest BCUT2D eigenvalue weighted by Crippen LogP contribution is 2.14. The van der Waals surface area contributed by atoms with Crippen LogP contribution in [0.15, 0.2) is 24.3 Å². The SMILES string of the molecule is CC(CCO)NCc1ccc(N(C)CCC#N)cc1. The number of nitrogens with zero attached hydrogens (tertiary/aromatic N) is 2. The van der Waals surface area contributed by atoms with Gasteiger partial charge in [-0.2, -0.15) is 5.26 Å². The first-order valence-electron chi connectivity index (χ1n) is 6.68. The summed E-state index contributed by atoms with van der Waals surface area (Å²) in [4.78, 5) is 2.08. The van der Waals surface area contributed by atoms with E-state index in [9.17, 15) is 0 Å². The summed E-state index contributed by atoms with van der Waals surface area (Å²) in [6.45, 7) is 3.85. The molecule has 0 saturated heterocycles. The number of rotatable bonds is 8. The van der Waals surface area contributed by atoms with Crippen LogP contribution in [0.3, 0.4) is 0 Å². The first kappa shape index (κ1) is 15.5. The fourth-order valence-electron chi connectivity index (χ4n) is 1.80. The van der Waals surface area contributed by atoms with E-state index < -0.39 is 0 Å². The average molecular weight is 261 g/mol. The van der Waals surface area contributed by atoms with Gasteiger partial charge in [-0.1, -0.05) is 12.1 Å². The van der Waals surface area contributed by atoms with Crippen LogP contribution in [0.2, 0.25) is 0 Å². The van der Waals surface area contributed by atoms with Crippen LogP contribution >= 0.6 is 0 Å². The normalized spacial score (nSPS) is 11.9. The van der Waals surface area contributed by atoms with Crippen molar-refractivity contribution in [3.8, 4) is 6.07 Å². The van der Waals surface area contributed by atoms with Crippen LogP contribution in [0.5, 0.6) is 0 Å². The number of benzene rings is 1. The summed E-state index contributed by atoms with van der Waals surface area (Å²) in [5.74, 6) is 0. The molecule has 4 heteroatoms. The molecule has 2 N–H and O–H groups in total. The molecule has 1 aromatic rings. The average Bonchev–Trinajstić information content (AvgIpc) is 2.43. The fraction of sp³-hybridized carbons (Fsp3) is 0.533. The second-order valence-electron chi connectivity index (χ2n) is 4.79. The highest BCUT2D eigenvalue weighted by molar-refractivity contribution is 5.46. The van der Waals surface area contributed by atoms with Crippen molar-refractivity contribution >= 4 is 5.69 Å². The maximum absolute atomic E-state index is 8.83. The molecule has 0 aliphatic carbocycles. The zero-order valence-electron chi connectivity index (χ0n) is 11.8. The minimum atomic E-state index is 0.219. The molecule has 0 bridgehead atoms. The van der Waals surface area contributed by atoms with E-state index >= 15 is 0 Å². The van der Waals surface area contributed by atoms with Crippen molar-refractivity contribution in [1.29, 1.82) is 5.26 Å². The van der Waals surface area contributed by atoms with E-state index in [0.717, 1.165) is 25.2 Å². The third kappa shape index (κ3) is 5.73. The molecule has 0 radical (unpaired) electrons. The Morgan fingerprint density at radius 3 is 2.63 bits per heavy atom. The van der Waals surface area contributed by atoms with Gasteiger partial charge in [-0.15, -0.1) is 0 Å². The van der Waals surface area contributed by atoms with Crippen LogP contribution in [-0.2, 0) is 6.54 Å². The lowest BCUT2D eigenvalue weighted by molar-refractivity contribution is 0.268. The van der Waals surface area contributed by atoms with Crippen molar-refractivity contribution in [2.24, 2.45) is 0 Å². The maximum Gasteiger partial charge on any atom is 0.0640 e. The summed E-state index contributed by atoms with van der Waals surface area (Å²) in [7, 11) is 1.99. The fourth-order valence-corrected chi connectivity index (χ4v) is 1.80. The van der Waals surface area contributed by atoms with Crippen LogP contribution in [0, 0.1) is 11.3 Å². The molecule has 0 amide bonds. The zero-order chi connectivity index (χ0) is 14.1. The predicted octanol–water partition coefficient (Wildman–Crippen LogP) is 1.90. The van der Waals surface area contributed by atoms with Gasteiger partial charge in [0.25, 0.3) is 0 Å². The second-order valence-corrected chi connectivity index (χ2v) is 4.79. The van der Waals surface area contributed by atoms with Crippen molar-refractivity contribution in [1.82, 2.24) is 5.32 Å². The first-order chi connectivity index (χ1) is 9.17. The van der Waals surface area contributed by atoms with Crippen LogP contribution < -0.4 is 10.2 Å². The van der Waals surface area contributed by atoms with Crippen LogP contribution in [0.1, 0.15) is 25.3 Å². The molecular formula is C15H23N3O. The van der Waals surface area contributed by atoms with Crippen LogP contribution in [0.4, 0.5) is 5.69 Å². The summed E-state index contributed by atoms with van der Waals surface area (Å²) in [5, 5.41) is 20.8. The number of hydrogen-bond donors (Lipinski definition) is 2. The Labute approximate surface area is 115 Å². The molecule has 4 nitrogen and oxygen atoms in total. The van der Waals surface area contributed by atoms with E-state index in [4.69, 9.17) is 10.4 Å². The van der Waals surface area contributed by atoms with E-state index in [1.54, 1.807) is 0 Å². The van der Waals surface area contributed by atoms with Gasteiger partial charge in [0.05, 0.1) is 12.5 Å². The Morgan fingerprint density at radius 1 is 1.37 bits per heavy atom. The number of aliphatic hydroxyl groups is 1. The molecule has 0 aliphatic rings. The lowest BCUT2D eigenvalue weighted by Gasteiger charge is -2.18. The highest BCUT2D eigenvalue weighted by atomic mass is 16.3. The van der Waals surface area contributed by atoms with E-state index in [-0.39, 0.29) is 6.61 Å². The number of anilines is 1. The molecule has 0 aromatic heterocycles. The molecule has 0 fully saturated rings. The van der Waals surface area contributed by atoms with Crippen molar-refractivity contribution in [2.75, 3.05) is 25.1 Å². The Bertz CT molecular complexity index is 397. The molecule has 0 spiro atoms. The van der Waals surface area contributed by atoms with Gasteiger partial charge in [0.2, 0.25) is 0 Å². The molecular weight excluding hydrogens is 238 g/mol. The summed E-state index contributed by atoms with van der Waals surface area (Å²) in [6, 6.07) is 10.8. The summed E-state index contributed by atoms with van der Waals surface area (Å²) < 4.78 is 0. The third-order valence-corrected chi connectivity index (χ3v) is 3.15. The Kier molecular flexibility index (Phi) is 6.94.